The summed E-state index contributed by atoms with van der Waals surface area (Å²) in [6.45, 7) is 3.97. The van der Waals surface area contributed by atoms with Crippen molar-refractivity contribution < 1.29 is 8.42 Å². The van der Waals surface area contributed by atoms with E-state index in [9.17, 15) is 8.42 Å². The fourth-order valence-corrected chi connectivity index (χ4v) is 4.29. The van der Waals surface area contributed by atoms with Crippen molar-refractivity contribution in [3.63, 3.8) is 0 Å². The van der Waals surface area contributed by atoms with Gasteiger partial charge in [0, 0.05) is 6.54 Å². The van der Waals surface area contributed by atoms with Gasteiger partial charge in [-0.1, -0.05) is 29.8 Å². The van der Waals surface area contributed by atoms with Crippen molar-refractivity contribution in [2.45, 2.75) is 18.7 Å². The van der Waals surface area contributed by atoms with Gasteiger partial charge >= 0.3 is 0 Å². The summed E-state index contributed by atoms with van der Waals surface area (Å²) in [7, 11) is -3.81. The van der Waals surface area contributed by atoms with E-state index in [1.165, 1.54) is 16.4 Å². The summed E-state index contributed by atoms with van der Waals surface area (Å²) in [5.41, 5.74) is 7.54. The summed E-state index contributed by atoms with van der Waals surface area (Å²) in [5, 5.41) is 0.126. The zero-order chi connectivity index (χ0) is 15.6. The SMILES string of the molecule is CCN(c1cccc(C)c1)S(=O)(=O)c1c(N)cccc1Cl. The molecule has 2 aromatic carbocycles. The summed E-state index contributed by atoms with van der Waals surface area (Å²) in [5.74, 6) is 0. The molecule has 0 atom stereocenters. The van der Waals surface area contributed by atoms with E-state index in [0.29, 0.717) is 5.69 Å². The molecule has 0 saturated carbocycles. The third kappa shape index (κ3) is 2.99. The molecule has 0 radical (unpaired) electrons. The largest absolute Gasteiger partial charge is 0.398 e. The molecule has 2 aromatic rings. The van der Waals surface area contributed by atoms with Gasteiger partial charge in [0.1, 0.15) is 4.90 Å². The topological polar surface area (TPSA) is 63.4 Å². The summed E-state index contributed by atoms with van der Waals surface area (Å²) in [4.78, 5) is -0.0463. The van der Waals surface area contributed by atoms with Gasteiger partial charge < -0.3 is 5.73 Å². The van der Waals surface area contributed by atoms with E-state index in [1.54, 1.807) is 19.1 Å². The monoisotopic (exact) mass is 324 g/mol. The third-order valence-electron chi connectivity index (χ3n) is 3.12. The van der Waals surface area contributed by atoms with Crippen LogP contribution >= 0.6 is 11.6 Å². The van der Waals surface area contributed by atoms with E-state index in [0.717, 1.165) is 5.56 Å². The van der Waals surface area contributed by atoms with E-state index >= 15 is 0 Å². The van der Waals surface area contributed by atoms with Gasteiger partial charge in [0.05, 0.1) is 16.4 Å². The maximum absolute atomic E-state index is 12.9. The standard InChI is InChI=1S/C15H17ClN2O2S/c1-3-18(12-7-4-6-11(2)10-12)21(19,20)15-13(16)8-5-9-14(15)17/h4-10H,3,17H2,1-2H3. The first-order valence-corrected chi connectivity index (χ1v) is 8.33. The molecule has 0 fully saturated rings. The number of nitrogens with zero attached hydrogens (tertiary/aromatic N) is 1. The molecule has 0 aliphatic carbocycles. The molecule has 0 amide bonds. The molecule has 0 saturated heterocycles. The first kappa shape index (κ1) is 15.7. The van der Waals surface area contributed by atoms with Crippen molar-refractivity contribution in [2.75, 3.05) is 16.6 Å². The first-order valence-electron chi connectivity index (χ1n) is 6.51. The molecule has 4 nitrogen and oxygen atoms in total. The van der Waals surface area contributed by atoms with Crippen LogP contribution in [0.4, 0.5) is 11.4 Å². The Balaban J connectivity index is 2.61. The van der Waals surface area contributed by atoms with Crippen LogP contribution in [-0.2, 0) is 10.0 Å². The van der Waals surface area contributed by atoms with Gasteiger partial charge in [-0.2, -0.15) is 0 Å². The second-order valence-corrected chi connectivity index (χ2v) is 6.87. The molecule has 0 aromatic heterocycles. The lowest BCUT2D eigenvalue weighted by atomic mass is 10.2. The van der Waals surface area contributed by atoms with Crippen LogP contribution < -0.4 is 10.0 Å². The van der Waals surface area contributed by atoms with Gasteiger partial charge in [-0.25, -0.2) is 8.42 Å². The quantitative estimate of drug-likeness (QED) is 0.876. The molecular weight excluding hydrogens is 308 g/mol. The maximum Gasteiger partial charge on any atom is 0.267 e. The number of aryl methyl sites for hydroxylation is 1. The van der Waals surface area contributed by atoms with Gasteiger partial charge in [0.15, 0.2) is 0 Å². The Morgan fingerprint density at radius 1 is 1.19 bits per heavy atom. The fourth-order valence-electron chi connectivity index (χ4n) is 2.18. The van der Waals surface area contributed by atoms with Crippen molar-refractivity contribution in [1.29, 1.82) is 0 Å². The number of anilines is 2. The Bertz CT molecular complexity index is 740. The normalized spacial score (nSPS) is 11.4. The summed E-state index contributed by atoms with van der Waals surface area (Å²) < 4.78 is 27.1. The lowest BCUT2D eigenvalue weighted by Gasteiger charge is -2.24. The van der Waals surface area contributed by atoms with Crippen molar-refractivity contribution in [2.24, 2.45) is 0 Å². The van der Waals surface area contributed by atoms with Crippen LogP contribution in [0, 0.1) is 6.92 Å². The minimum absolute atomic E-state index is 0.0463. The third-order valence-corrected chi connectivity index (χ3v) is 5.57. The van der Waals surface area contributed by atoms with Crippen LogP contribution in [0.5, 0.6) is 0 Å². The smallest absolute Gasteiger partial charge is 0.267 e. The average molecular weight is 325 g/mol. The van der Waals surface area contributed by atoms with E-state index in [-0.39, 0.29) is 22.2 Å². The van der Waals surface area contributed by atoms with Gasteiger partial charge in [-0.05, 0) is 43.7 Å². The molecule has 0 spiro atoms. The molecule has 0 bridgehead atoms. The number of hydrogen-bond acceptors (Lipinski definition) is 3. The molecule has 0 unspecified atom stereocenters. The Hall–Kier alpha value is -1.72. The number of halogens is 1. The summed E-state index contributed by atoms with van der Waals surface area (Å²) in [6, 6.07) is 12.0. The van der Waals surface area contributed by atoms with Crippen molar-refractivity contribution >= 4 is 33.0 Å². The van der Waals surface area contributed by atoms with Gasteiger partial charge in [-0.3, -0.25) is 4.31 Å². The van der Waals surface area contributed by atoms with Crippen molar-refractivity contribution in [3.05, 3.63) is 53.1 Å². The predicted octanol–water partition coefficient (Wildman–Crippen LogP) is 3.45. The van der Waals surface area contributed by atoms with Crippen LogP contribution in [-0.4, -0.2) is 15.0 Å². The number of sulfonamides is 1. The molecule has 6 heteroatoms. The van der Waals surface area contributed by atoms with Crippen molar-refractivity contribution in [3.8, 4) is 0 Å². The van der Waals surface area contributed by atoms with Crippen LogP contribution in [0.2, 0.25) is 5.02 Å². The minimum Gasteiger partial charge on any atom is -0.398 e. The van der Waals surface area contributed by atoms with Gasteiger partial charge in [0.2, 0.25) is 0 Å². The highest BCUT2D eigenvalue weighted by Gasteiger charge is 2.28. The Kier molecular flexibility index (Phi) is 4.44. The molecule has 21 heavy (non-hydrogen) atoms. The van der Waals surface area contributed by atoms with Crippen LogP contribution in [0.15, 0.2) is 47.4 Å². The minimum atomic E-state index is -3.81. The van der Waals surface area contributed by atoms with Gasteiger partial charge in [0.25, 0.3) is 10.0 Å². The van der Waals surface area contributed by atoms with Crippen LogP contribution in [0.3, 0.4) is 0 Å². The number of hydrogen-bond donors (Lipinski definition) is 1. The highest BCUT2D eigenvalue weighted by Crippen LogP contribution is 2.32. The molecule has 0 aliphatic heterocycles. The fraction of sp³-hybridized carbons (Fsp3) is 0.200. The molecule has 0 aliphatic rings. The summed E-state index contributed by atoms with van der Waals surface area (Å²) >= 11 is 6.05. The van der Waals surface area contributed by atoms with Crippen LogP contribution in [0.25, 0.3) is 0 Å². The zero-order valence-corrected chi connectivity index (χ0v) is 13.4. The van der Waals surface area contributed by atoms with E-state index in [1.807, 2.05) is 25.1 Å². The highest BCUT2D eigenvalue weighted by atomic mass is 35.5. The first-order chi connectivity index (χ1) is 9.87. The molecular formula is C15H17ClN2O2S. The van der Waals surface area contributed by atoms with Crippen LogP contribution in [0.1, 0.15) is 12.5 Å². The molecule has 112 valence electrons. The Morgan fingerprint density at radius 3 is 2.43 bits per heavy atom. The highest BCUT2D eigenvalue weighted by molar-refractivity contribution is 7.93. The zero-order valence-electron chi connectivity index (χ0n) is 11.9. The molecule has 2 N–H and O–H groups in total. The lowest BCUT2D eigenvalue weighted by molar-refractivity contribution is 0.592. The molecule has 0 heterocycles. The number of benzene rings is 2. The van der Waals surface area contributed by atoms with Crippen molar-refractivity contribution in [1.82, 2.24) is 0 Å². The van der Waals surface area contributed by atoms with E-state index < -0.39 is 10.0 Å². The number of rotatable bonds is 4. The second kappa shape index (κ2) is 5.95. The van der Waals surface area contributed by atoms with E-state index in [2.05, 4.69) is 0 Å². The average Bonchev–Trinajstić information content (AvgIpc) is 2.38. The number of nitrogen functional groups attached to an aromatic ring is 1. The number of nitrogens with two attached hydrogens (primary N) is 1. The summed E-state index contributed by atoms with van der Waals surface area (Å²) in [6.07, 6.45) is 0. The predicted molar refractivity (Wildman–Crippen MR) is 87.2 cm³/mol. The molecule has 2 rings (SSSR count). The Labute approximate surface area is 130 Å². The maximum atomic E-state index is 12.9. The lowest BCUT2D eigenvalue weighted by Crippen LogP contribution is -2.31. The second-order valence-electron chi connectivity index (χ2n) is 4.67. The van der Waals surface area contributed by atoms with Gasteiger partial charge in [-0.15, -0.1) is 0 Å². The van der Waals surface area contributed by atoms with E-state index in [4.69, 9.17) is 17.3 Å². The Morgan fingerprint density at radius 2 is 1.86 bits per heavy atom.